The Balaban J connectivity index is -0.000000308. The minimum absolute atomic E-state index is 0.0210. The molecule has 0 aromatic heterocycles. The van der Waals surface area contributed by atoms with Gasteiger partial charge < -0.3 is 52.2 Å². The molecule has 250 valence electrons. The minimum Gasteiger partial charge on any atom is -0.481 e. The Morgan fingerprint density at radius 3 is 1.27 bits per heavy atom. The van der Waals surface area contributed by atoms with Crippen molar-refractivity contribution in [2.24, 2.45) is 5.73 Å². The molecule has 0 bridgehead atoms. The number of hydrogen-bond acceptors (Lipinski definition) is 12. The summed E-state index contributed by atoms with van der Waals surface area (Å²) >= 11 is 0. The second-order valence-corrected chi connectivity index (χ2v) is 8.27. The average molecular weight is 638 g/mol. The number of carboxylic acid groups (broad SMARTS) is 4. The van der Waals surface area contributed by atoms with E-state index in [1.54, 1.807) is 0 Å². The molecule has 0 rings (SSSR count). The molecule has 20 nitrogen and oxygen atoms in total. The van der Waals surface area contributed by atoms with Gasteiger partial charge in [-0.3, -0.25) is 9.59 Å². The first kappa shape index (κ1) is 45.8. The number of rotatable bonds is 19. The molecule has 0 radical (unpaired) electrons. The van der Waals surface area contributed by atoms with Gasteiger partial charge >= 0.3 is 48.2 Å². The number of carbonyl (C=O) groups excluding carboxylic acids is 7. The number of carboxylic acids is 4. The first-order valence-electron chi connectivity index (χ1n) is 12.8. The van der Waals surface area contributed by atoms with E-state index in [4.69, 9.17) is 45.3 Å². The van der Waals surface area contributed by atoms with Gasteiger partial charge in [0.1, 0.15) is 17.9 Å². The summed E-state index contributed by atoms with van der Waals surface area (Å²) in [6, 6.07) is -3.39. The standard InChI is InChI=1S/C11H21N3O5.C11H18N2O6.2CO2/c12-6-2-1-4-8(10(17)18)14-11(19)13-7-3-5-9(15)16;1-7(14)4-5-8(10(17)18)13-11(19)12-6-2-3-9(15)16;2*2-1-3/h8H,1-7,12H2,(H,15,16)(H,17,18)(H2,13,14,19);8H,2-6H2,1H3,(H,15,16)(H,17,18)(H2,12,13,19);;/t2*8-;;/m00../s1. The van der Waals surface area contributed by atoms with Crippen LogP contribution in [-0.4, -0.2) is 106 Å². The first-order chi connectivity index (χ1) is 20.6. The zero-order valence-electron chi connectivity index (χ0n) is 24.0. The highest BCUT2D eigenvalue weighted by Gasteiger charge is 2.20. The van der Waals surface area contributed by atoms with Gasteiger partial charge in [-0.1, -0.05) is 0 Å². The summed E-state index contributed by atoms with van der Waals surface area (Å²) in [6.07, 6.45) is 2.66. The topological polar surface area (TPSA) is 343 Å². The number of ketones is 1. The van der Waals surface area contributed by atoms with Gasteiger partial charge in [0.15, 0.2) is 0 Å². The van der Waals surface area contributed by atoms with Gasteiger partial charge in [0.25, 0.3) is 0 Å². The lowest BCUT2D eigenvalue weighted by Gasteiger charge is -2.14. The Hall–Kier alpha value is -5.19. The Morgan fingerprint density at radius 1 is 0.614 bits per heavy atom. The maximum absolute atomic E-state index is 11.4. The molecule has 4 amide bonds. The lowest BCUT2D eigenvalue weighted by molar-refractivity contribution is -0.193. The van der Waals surface area contributed by atoms with Crippen molar-refractivity contribution in [1.29, 1.82) is 0 Å². The number of hydrogen-bond donors (Lipinski definition) is 9. The number of Topliss-reactive ketones (excluding diaryl/α,β-unsaturated/α-hetero) is 1. The molecular weight excluding hydrogens is 598 g/mol. The van der Waals surface area contributed by atoms with E-state index < -0.39 is 48.0 Å². The summed E-state index contributed by atoms with van der Waals surface area (Å²) in [5, 5.41) is 43.8. The van der Waals surface area contributed by atoms with E-state index in [1.165, 1.54) is 6.92 Å². The number of carbonyl (C=O) groups is 7. The SMILES string of the molecule is CC(=O)CC[C@H](NC(=O)NCCCC(=O)O)C(=O)O.NCCCC[C@H](NC(=O)NCCCC(=O)O)C(=O)O.O=C=O.O=C=O. The molecule has 0 aromatic rings. The summed E-state index contributed by atoms with van der Waals surface area (Å²) in [6.45, 7) is 2.14. The van der Waals surface area contributed by atoms with Crippen molar-refractivity contribution in [3.8, 4) is 0 Å². The fourth-order valence-electron chi connectivity index (χ4n) is 2.66. The van der Waals surface area contributed by atoms with Crippen LogP contribution in [0.4, 0.5) is 9.59 Å². The molecule has 0 saturated heterocycles. The van der Waals surface area contributed by atoms with E-state index in [1.807, 2.05) is 0 Å². The maximum atomic E-state index is 11.4. The van der Waals surface area contributed by atoms with Crippen LogP contribution in [0.5, 0.6) is 0 Å². The molecule has 20 heteroatoms. The van der Waals surface area contributed by atoms with Crippen molar-refractivity contribution in [3.63, 3.8) is 0 Å². The zero-order valence-corrected chi connectivity index (χ0v) is 24.0. The zero-order chi connectivity index (χ0) is 34.9. The van der Waals surface area contributed by atoms with E-state index in [2.05, 4.69) is 21.3 Å². The van der Waals surface area contributed by atoms with Crippen molar-refractivity contribution in [1.82, 2.24) is 21.3 Å². The third kappa shape index (κ3) is 39.0. The second-order valence-electron chi connectivity index (χ2n) is 8.27. The summed E-state index contributed by atoms with van der Waals surface area (Å²) < 4.78 is 0. The number of nitrogens with one attached hydrogen (secondary N) is 4. The highest BCUT2D eigenvalue weighted by atomic mass is 16.4. The van der Waals surface area contributed by atoms with Crippen LogP contribution in [0.1, 0.15) is 64.7 Å². The third-order valence-electron chi connectivity index (χ3n) is 4.64. The molecule has 0 aromatic carbocycles. The van der Waals surface area contributed by atoms with Crippen LogP contribution in [0, 0.1) is 0 Å². The van der Waals surface area contributed by atoms with Crippen LogP contribution < -0.4 is 27.0 Å². The third-order valence-corrected chi connectivity index (χ3v) is 4.64. The van der Waals surface area contributed by atoms with Crippen LogP contribution in [0.3, 0.4) is 0 Å². The Bertz CT molecular complexity index is 950. The number of urea groups is 2. The fraction of sp³-hybridized carbons (Fsp3) is 0.625. The fourth-order valence-corrected chi connectivity index (χ4v) is 2.66. The summed E-state index contributed by atoms with van der Waals surface area (Å²) in [7, 11) is 0. The van der Waals surface area contributed by atoms with Gasteiger partial charge in [0.2, 0.25) is 0 Å². The number of aliphatic carboxylic acids is 4. The Kier molecular flexibility index (Phi) is 33.6. The molecule has 2 atom stereocenters. The number of amides is 4. The average Bonchev–Trinajstić information content (AvgIpc) is 2.91. The van der Waals surface area contributed by atoms with E-state index >= 15 is 0 Å². The van der Waals surface area contributed by atoms with Crippen LogP contribution >= 0.6 is 0 Å². The molecule has 0 heterocycles. The van der Waals surface area contributed by atoms with Crippen molar-refractivity contribution in [3.05, 3.63) is 0 Å². The second kappa shape index (κ2) is 32.3. The van der Waals surface area contributed by atoms with E-state index in [9.17, 15) is 33.6 Å². The van der Waals surface area contributed by atoms with Gasteiger partial charge in [-0.2, -0.15) is 19.2 Å². The van der Waals surface area contributed by atoms with Crippen molar-refractivity contribution in [2.75, 3.05) is 19.6 Å². The predicted octanol–water partition coefficient (Wildman–Crippen LogP) is -1.46. The lowest BCUT2D eigenvalue weighted by atomic mass is 10.1. The number of unbranched alkanes of at least 4 members (excludes halogenated alkanes) is 1. The maximum Gasteiger partial charge on any atom is 0.373 e. The minimum atomic E-state index is -1.22. The molecule has 0 saturated carbocycles. The molecule has 0 fully saturated rings. The molecule has 0 unspecified atom stereocenters. The van der Waals surface area contributed by atoms with E-state index in [0.29, 0.717) is 32.2 Å². The van der Waals surface area contributed by atoms with Crippen LogP contribution in [0.25, 0.3) is 0 Å². The largest absolute Gasteiger partial charge is 0.481 e. The summed E-state index contributed by atoms with van der Waals surface area (Å²) in [5.74, 6) is -4.38. The molecular formula is C24H39N5O15. The van der Waals surface area contributed by atoms with Crippen LogP contribution in [0.15, 0.2) is 0 Å². The molecule has 0 spiro atoms. The highest BCUT2D eigenvalue weighted by Crippen LogP contribution is 2.01. The lowest BCUT2D eigenvalue weighted by Crippen LogP contribution is -2.46. The Labute approximate surface area is 251 Å². The smallest absolute Gasteiger partial charge is 0.373 e. The van der Waals surface area contributed by atoms with Gasteiger partial charge in [-0.15, -0.1) is 0 Å². The number of nitrogens with two attached hydrogens (primary N) is 1. The Morgan fingerprint density at radius 2 is 0.977 bits per heavy atom. The molecule has 0 aliphatic heterocycles. The normalized spacial score (nSPS) is 10.3. The monoisotopic (exact) mass is 637 g/mol. The molecule has 44 heavy (non-hydrogen) atoms. The van der Waals surface area contributed by atoms with Gasteiger partial charge in [-0.25, -0.2) is 19.2 Å². The molecule has 10 N–H and O–H groups in total. The van der Waals surface area contributed by atoms with Gasteiger partial charge in [0.05, 0.1) is 0 Å². The van der Waals surface area contributed by atoms with Crippen molar-refractivity contribution in [2.45, 2.75) is 76.8 Å². The van der Waals surface area contributed by atoms with Crippen LogP contribution in [-0.2, 0) is 43.2 Å². The van der Waals surface area contributed by atoms with Gasteiger partial charge in [-0.05, 0) is 52.0 Å². The first-order valence-corrected chi connectivity index (χ1v) is 12.8. The molecule has 0 aliphatic rings. The van der Waals surface area contributed by atoms with Crippen molar-refractivity contribution < 1.29 is 73.2 Å². The quantitative estimate of drug-likeness (QED) is 0.0730. The van der Waals surface area contributed by atoms with E-state index in [-0.39, 0.29) is 63.3 Å². The predicted molar refractivity (Wildman–Crippen MR) is 142 cm³/mol. The van der Waals surface area contributed by atoms with Crippen LogP contribution in [0.2, 0.25) is 0 Å². The molecule has 0 aliphatic carbocycles. The van der Waals surface area contributed by atoms with Gasteiger partial charge in [0, 0.05) is 32.4 Å². The summed E-state index contributed by atoms with van der Waals surface area (Å²) in [4.78, 5) is 108. The van der Waals surface area contributed by atoms with E-state index in [0.717, 1.165) is 0 Å². The van der Waals surface area contributed by atoms with Crippen molar-refractivity contribution >= 4 is 54.0 Å². The highest BCUT2D eigenvalue weighted by molar-refractivity contribution is 5.84. The summed E-state index contributed by atoms with van der Waals surface area (Å²) in [5.41, 5.74) is 5.30.